The molecule has 2 aromatic heterocycles. The highest BCUT2D eigenvalue weighted by atomic mass is 32.1. The quantitative estimate of drug-likeness (QED) is 0.820. The molecule has 0 aliphatic heterocycles. The molecule has 0 bridgehead atoms. The minimum atomic E-state index is 0.337. The molecule has 0 saturated carbocycles. The van der Waals surface area contributed by atoms with E-state index in [0.29, 0.717) is 30.0 Å². The van der Waals surface area contributed by atoms with Gasteiger partial charge in [0.25, 0.3) is 0 Å². The van der Waals surface area contributed by atoms with Gasteiger partial charge in [0.2, 0.25) is 5.88 Å². The number of hydrogen-bond acceptors (Lipinski definition) is 6. The van der Waals surface area contributed by atoms with Crippen molar-refractivity contribution in [2.45, 2.75) is 26.7 Å². The first-order valence-electron chi connectivity index (χ1n) is 7.09. The van der Waals surface area contributed by atoms with Crippen molar-refractivity contribution in [1.29, 1.82) is 0 Å². The van der Waals surface area contributed by atoms with E-state index in [0.717, 1.165) is 17.4 Å². The molecule has 5 nitrogen and oxygen atoms in total. The standard InChI is InChI=1S/C15H22N4OS/c1-10(2)9-20-14-12(16)4-5-13(19-14)18-8-11(3)15-17-6-7-21-15/h4-7,10-11H,8-9,16H2,1-3H3,(H,18,19). The van der Waals surface area contributed by atoms with Crippen LogP contribution in [0.1, 0.15) is 31.7 Å². The van der Waals surface area contributed by atoms with Crippen LogP contribution in [-0.4, -0.2) is 23.1 Å². The van der Waals surface area contributed by atoms with Crippen LogP contribution in [0.15, 0.2) is 23.7 Å². The summed E-state index contributed by atoms with van der Waals surface area (Å²) in [5.74, 6) is 2.04. The summed E-state index contributed by atoms with van der Waals surface area (Å²) in [4.78, 5) is 8.74. The fourth-order valence-electron chi connectivity index (χ4n) is 1.73. The predicted molar refractivity (Wildman–Crippen MR) is 88.0 cm³/mol. The van der Waals surface area contributed by atoms with Crippen LogP contribution in [0.3, 0.4) is 0 Å². The maximum Gasteiger partial charge on any atom is 0.239 e. The first kappa shape index (κ1) is 15.6. The Balaban J connectivity index is 1.95. The zero-order valence-electron chi connectivity index (χ0n) is 12.7. The minimum Gasteiger partial charge on any atom is -0.476 e. The molecule has 0 spiro atoms. The zero-order valence-corrected chi connectivity index (χ0v) is 13.5. The molecule has 1 unspecified atom stereocenters. The maximum absolute atomic E-state index is 5.89. The van der Waals surface area contributed by atoms with E-state index >= 15 is 0 Å². The monoisotopic (exact) mass is 306 g/mol. The van der Waals surface area contributed by atoms with Crippen molar-refractivity contribution >= 4 is 22.8 Å². The van der Waals surface area contributed by atoms with Gasteiger partial charge in [-0.3, -0.25) is 0 Å². The molecule has 114 valence electrons. The van der Waals surface area contributed by atoms with Crippen LogP contribution in [0.2, 0.25) is 0 Å². The van der Waals surface area contributed by atoms with Gasteiger partial charge in [-0.25, -0.2) is 4.98 Å². The van der Waals surface area contributed by atoms with E-state index in [1.165, 1.54) is 0 Å². The molecule has 2 aromatic rings. The van der Waals surface area contributed by atoms with Crippen LogP contribution < -0.4 is 15.8 Å². The van der Waals surface area contributed by atoms with E-state index in [1.54, 1.807) is 11.3 Å². The molecular formula is C15H22N4OS. The molecule has 2 heterocycles. The molecule has 21 heavy (non-hydrogen) atoms. The molecule has 0 aliphatic carbocycles. The van der Waals surface area contributed by atoms with Gasteiger partial charge in [0.15, 0.2) is 0 Å². The van der Waals surface area contributed by atoms with Crippen LogP contribution in [0.5, 0.6) is 5.88 Å². The van der Waals surface area contributed by atoms with Gasteiger partial charge < -0.3 is 15.8 Å². The van der Waals surface area contributed by atoms with Gasteiger partial charge in [-0.05, 0) is 18.1 Å². The third kappa shape index (κ3) is 4.60. The Labute approximate surface area is 129 Å². The maximum atomic E-state index is 5.89. The number of nitrogens with zero attached hydrogens (tertiary/aromatic N) is 2. The van der Waals surface area contributed by atoms with Crippen molar-refractivity contribution in [3.05, 3.63) is 28.7 Å². The van der Waals surface area contributed by atoms with E-state index in [9.17, 15) is 0 Å². The fourth-order valence-corrected chi connectivity index (χ4v) is 2.43. The number of aromatic nitrogens is 2. The van der Waals surface area contributed by atoms with Gasteiger partial charge in [-0.1, -0.05) is 20.8 Å². The summed E-state index contributed by atoms with van der Waals surface area (Å²) in [6, 6.07) is 3.69. The molecule has 1 atom stereocenters. The van der Waals surface area contributed by atoms with E-state index in [2.05, 4.69) is 36.1 Å². The van der Waals surface area contributed by atoms with Gasteiger partial charge >= 0.3 is 0 Å². The Bertz CT molecular complexity index is 557. The summed E-state index contributed by atoms with van der Waals surface area (Å²) in [6.45, 7) is 7.70. The first-order valence-corrected chi connectivity index (χ1v) is 7.96. The van der Waals surface area contributed by atoms with Crippen molar-refractivity contribution in [2.24, 2.45) is 5.92 Å². The lowest BCUT2D eigenvalue weighted by Gasteiger charge is -2.14. The number of hydrogen-bond donors (Lipinski definition) is 2. The molecule has 3 N–H and O–H groups in total. The molecular weight excluding hydrogens is 284 g/mol. The van der Waals surface area contributed by atoms with Gasteiger partial charge in [-0.2, -0.15) is 4.98 Å². The van der Waals surface area contributed by atoms with E-state index in [4.69, 9.17) is 10.5 Å². The summed E-state index contributed by atoms with van der Waals surface area (Å²) in [6.07, 6.45) is 1.83. The van der Waals surface area contributed by atoms with Crippen molar-refractivity contribution < 1.29 is 4.74 Å². The summed E-state index contributed by atoms with van der Waals surface area (Å²) >= 11 is 1.67. The molecule has 0 fully saturated rings. The van der Waals surface area contributed by atoms with Gasteiger partial charge in [0.05, 0.1) is 17.3 Å². The van der Waals surface area contributed by atoms with Gasteiger partial charge in [0, 0.05) is 24.0 Å². The highest BCUT2D eigenvalue weighted by molar-refractivity contribution is 7.09. The lowest BCUT2D eigenvalue weighted by Crippen LogP contribution is -2.12. The second kappa shape index (κ2) is 7.26. The molecule has 6 heteroatoms. The summed E-state index contributed by atoms with van der Waals surface area (Å²) < 4.78 is 5.63. The second-order valence-electron chi connectivity index (χ2n) is 5.45. The summed E-state index contributed by atoms with van der Waals surface area (Å²) in [7, 11) is 0. The lowest BCUT2D eigenvalue weighted by molar-refractivity contribution is 0.263. The predicted octanol–water partition coefficient (Wildman–Crippen LogP) is 3.37. The average Bonchev–Trinajstić information content (AvgIpc) is 2.98. The molecule has 0 aromatic carbocycles. The number of nitrogens with one attached hydrogen (secondary N) is 1. The summed E-state index contributed by atoms with van der Waals surface area (Å²) in [5, 5.41) is 6.42. The number of nitrogens with two attached hydrogens (primary N) is 1. The van der Waals surface area contributed by atoms with Crippen LogP contribution in [0.25, 0.3) is 0 Å². The van der Waals surface area contributed by atoms with Crippen LogP contribution in [0, 0.1) is 5.92 Å². The molecule has 0 aliphatic rings. The molecule has 2 rings (SSSR count). The van der Waals surface area contributed by atoms with Crippen LogP contribution in [-0.2, 0) is 0 Å². The topological polar surface area (TPSA) is 73.1 Å². The van der Waals surface area contributed by atoms with E-state index < -0.39 is 0 Å². The number of rotatable bonds is 7. The van der Waals surface area contributed by atoms with Crippen molar-refractivity contribution in [1.82, 2.24) is 9.97 Å². The molecule has 0 radical (unpaired) electrons. The van der Waals surface area contributed by atoms with E-state index in [1.807, 2.05) is 23.7 Å². The molecule has 0 saturated heterocycles. The van der Waals surface area contributed by atoms with Crippen molar-refractivity contribution in [3.63, 3.8) is 0 Å². The largest absolute Gasteiger partial charge is 0.476 e. The van der Waals surface area contributed by atoms with Crippen LogP contribution >= 0.6 is 11.3 Å². The Hall–Kier alpha value is -1.82. The zero-order chi connectivity index (χ0) is 15.2. The highest BCUT2D eigenvalue weighted by Gasteiger charge is 2.10. The second-order valence-corrected chi connectivity index (χ2v) is 6.37. The number of ether oxygens (including phenoxy) is 1. The van der Waals surface area contributed by atoms with E-state index in [-0.39, 0.29) is 0 Å². The minimum absolute atomic E-state index is 0.337. The van der Waals surface area contributed by atoms with Gasteiger partial charge in [0.1, 0.15) is 5.82 Å². The Morgan fingerprint density at radius 3 is 2.81 bits per heavy atom. The number of pyridine rings is 1. The normalized spacial score (nSPS) is 12.4. The summed E-state index contributed by atoms with van der Waals surface area (Å²) in [5.41, 5.74) is 6.45. The SMILES string of the molecule is CC(C)COc1nc(NCC(C)c2nccs2)ccc1N. The van der Waals surface area contributed by atoms with Crippen molar-refractivity contribution in [2.75, 3.05) is 24.2 Å². The number of thiazole rings is 1. The van der Waals surface area contributed by atoms with Gasteiger partial charge in [-0.15, -0.1) is 11.3 Å². The third-order valence-corrected chi connectivity index (χ3v) is 3.91. The lowest BCUT2D eigenvalue weighted by atomic mass is 10.2. The smallest absolute Gasteiger partial charge is 0.239 e. The third-order valence-electron chi connectivity index (χ3n) is 2.91. The Kier molecular flexibility index (Phi) is 5.38. The number of nitrogen functional groups attached to an aromatic ring is 1. The average molecular weight is 306 g/mol. The molecule has 0 amide bonds. The van der Waals surface area contributed by atoms with Crippen LogP contribution in [0.4, 0.5) is 11.5 Å². The first-order chi connectivity index (χ1) is 10.1. The number of anilines is 2. The Morgan fingerprint density at radius 1 is 1.33 bits per heavy atom. The Morgan fingerprint density at radius 2 is 2.14 bits per heavy atom. The highest BCUT2D eigenvalue weighted by Crippen LogP contribution is 2.23. The van der Waals surface area contributed by atoms with Crippen molar-refractivity contribution in [3.8, 4) is 5.88 Å². The fraction of sp³-hybridized carbons (Fsp3) is 0.467.